The van der Waals surface area contributed by atoms with Crippen molar-refractivity contribution in [1.82, 2.24) is 0 Å². The number of methoxy groups -OCH3 is 1. The maximum Gasteiger partial charge on any atom is 0.118 e. The number of hydrogen-bond donors (Lipinski definition) is 1. The molecule has 0 aliphatic rings. The fraction of sp³-hybridized carbons (Fsp3) is 0.200. The van der Waals surface area contributed by atoms with E-state index in [1.807, 2.05) is 25.1 Å². The van der Waals surface area contributed by atoms with E-state index >= 15 is 0 Å². The van der Waals surface area contributed by atoms with Gasteiger partial charge in [0, 0.05) is 5.69 Å². The normalized spacial score (nSPS) is 10.2. The molecule has 0 saturated heterocycles. The zero-order chi connectivity index (χ0) is 12.3. The Kier molecular flexibility index (Phi) is 3.33. The van der Waals surface area contributed by atoms with Crippen molar-refractivity contribution in [3.05, 3.63) is 59.2 Å². The average molecular weight is 227 g/mol. The molecule has 0 unspecified atom stereocenters. The largest absolute Gasteiger partial charge is 0.497 e. The van der Waals surface area contributed by atoms with Crippen molar-refractivity contribution >= 4 is 5.69 Å². The van der Waals surface area contributed by atoms with E-state index in [4.69, 9.17) is 10.5 Å². The molecule has 2 aromatic rings. The zero-order valence-electron chi connectivity index (χ0n) is 10.2. The minimum absolute atomic E-state index is 0.850. The number of ether oxygens (including phenoxy) is 1. The third-order valence-electron chi connectivity index (χ3n) is 2.90. The lowest BCUT2D eigenvalue weighted by molar-refractivity contribution is 0.414. The number of rotatable bonds is 3. The molecule has 0 aliphatic carbocycles. The molecule has 17 heavy (non-hydrogen) atoms. The van der Waals surface area contributed by atoms with Crippen LogP contribution in [0.3, 0.4) is 0 Å². The van der Waals surface area contributed by atoms with E-state index in [-0.39, 0.29) is 0 Å². The van der Waals surface area contributed by atoms with Crippen LogP contribution >= 0.6 is 0 Å². The van der Waals surface area contributed by atoms with Gasteiger partial charge in [-0.3, -0.25) is 0 Å². The van der Waals surface area contributed by atoms with Gasteiger partial charge in [0.25, 0.3) is 0 Å². The first kappa shape index (κ1) is 11.5. The second-order valence-corrected chi connectivity index (χ2v) is 4.22. The molecular formula is C15H17NO. The molecule has 2 heteroatoms. The Balaban J connectivity index is 2.16. The van der Waals surface area contributed by atoms with E-state index < -0.39 is 0 Å². The summed E-state index contributed by atoms with van der Waals surface area (Å²) >= 11 is 0. The summed E-state index contributed by atoms with van der Waals surface area (Å²) in [6, 6.07) is 14.3. The summed E-state index contributed by atoms with van der Waals surface area (Å²) in [7, 11) is 1.68. The number of aryl methyl sites for hydroxylation is 1. The molecular weight excluding hydrogens is 210 g/mol. The first-order valence-electron chi connectivity index (χ1n) is 5.67. The van der Waals surface area contributed by atoms with E-state index in [2.05, 4.69) is 24.3 Å². The van der Waals surface area contributed by atoms with Gasteiger partial charge in [-0.25, -0.2) is 0 Å². The van der Waals surface area contributed by atoms with Crippen LogP contribution in [0, 0.1) is 6.92 Å². The minimum Gasteiger partial charge on any atom is -0.497 e. The van der Waals surface area contributed by atoms with Crippen LogP contribution in [0.2, 0.25) is 0 Å². The van der Waals surface area contributed by atoms with Crippen molar-refractivity contribution in [2.24, 2.45) is 0 Å². The quantitative estimate of drug-likeness (QED) is 0.817. The lowest BCUT2D eigenvalue weighted by atomic mass is 10.0. The maximum atomic E-state index is 5.80. The second-order valence-electron chi connectivity index (χ2n) is 4.22. The lowest BCUT2D eigenvalue weighted by Gasteiger charge is -2.06. The highest BCUT2D eigenvalue weighted by atomic mass is 16.5. The Hall–Kier alpha value is -1.96. The molecule has 0 spiro atoms. The number of nitrogens with two attached hydrogens (primary N) is 1. The van der Waals surface area contributed by atoms with Crippen LogP contribution in [-0.4, -0.2) is 7.11 Å². The Bertz CT molecular complexity index is 503. The highest BCUT2D eigenvalue weighted by molar-refractivity contribution is 5.48. The van der Waals surface area contributed by atoms with Crippen LogP contribution in [0.25, 0.3) is 0 Å². The Morgan fingerprint density at radius 1 is 1.00 bits per heavy atom. The van der Waals surface area contributed by atoms with E-state index in [0.717, 1.165) is 23.4 Å². The van der Waals surface area contributed by atoms with Crippen LogP contribution in [0.4, 0.5) is 5.69 Å². The van der Waals surface area contributed by atoms with Gasteiger partial charge in [-0.05, 0) is 48.2 Å². The molecule has 0 radical (unpaired) electrons. The summed E-state index contributed by atoms with van der Waals surface area (Å²) in [6.45, 7) is 2.03. The molecule has 0 atom stereocenters. The van der Waals surface area contributed by atoms with Crippen LogP contribution in [0.1, 0.15) is 16.7 Å². The molecule has 2 aromatic carbocycles. The molecule has 2 N–H and O–H groups in total. The molecule has 0 bridgehead atoms. The number of hydrogen-bond acceptors (Lipinski definition) is 2. The van der Waals surface area contributed by atoms with E-state index in [0.29, 0.717) is 0 Å². The monoisotopic (exact) mass is 227 g/mol. The maximum absolute atomic E-state index is 5.80. The average Bonchev–Trinajstić information content (AvgIpc) is 2.35. The van der Waals surface area contributed by atoms with Gasteiger partial charge < -0.3 is 10.5 Å². The first-order chi connectivity index (χ1) is 8.19. The summed E-state index contributed by atoms with van der Waals surface area (Å²) < 4.78 is 5.14. The standard InChI is InChI=1S/C15H17NO/c1-11-9-13(5-8-15(11)16)10-12-3-6-14(17-2)7-4-12/h3-9H,10,16H2,1-2H3. The SMILES string of the molecule is COc1ccc(Cc2ccc(N)c(C)c2)cc1. The molecule has 2 nitrogen and oxygen atoms in total. The lowest BCUT2D eigenvalue weighted by Crippen LogP contribution is -1.93. The molecule has 0 aromatic heterocycles. The molecule has 88 valence electrons. The van der Waals surface area contributed by atoms with Crippen molar-refractivity contribution in [1.29, 1.82) is 0 Å². The molecule has 0 saturated carbocycles. The molecule has 0 heterocycles. The van der Waals surface area contributed by atoms with E-state index in [1.54, 1.807) is 7.11 Å². The first-order valence-corrected chi connectivity index (χ1v) is 5.67. The van der Waals surface area contributed by atoms with Gasteiger partial charge in [0.1, 0.15) is 5.75 Å². The smallest absolute Gasteiger partial charge is 0.118 e. The van der Waals surface area contributed by atoms with Crippen molar-refractivity contribution in [3.63, 3.8) is 0 Å². The van der Waals surface area contributed by atoms with Gasteiger partial charge in [0.05, 0.1) is 7.11 Å². The van der Waals surface area contributed by atoms with Gasteiger partial charge in [-0.1, -0.05) is 24.3 Å². The predicted octanol–water partition coefficient (Wildman–Crippen LogP) is 3.18. The number of benzene rings is 2. The molecule has 2 rings (SSSR count). The van der Waals surface area contributed by atoms with E-state index in [1.165, 1.54) is 11.1 Å². The fourth-order valence-corrected chi connectivity index (χ4v) is 1.83. The van der Waals surface area contributed by atoms with Gasteiger partial charge in [0.15, 0.2) is 0 Å². The Morgan fingerprint density at radius 2 is 1.65 bits per heavy atom. The third kappa shape index (κ3) is 2.78. The molecule has 0 aliphatic heterocycles. The Labute approximate surface area is 102 Å². The summed E-state index contributed by atoms with van der Waals surface area (Å²) in [5, 5.41) is 0. The van der Waals surface area contributed by atoms with Gasteiger partial charge in [0.2, 0.25) is 0 Å². The summed E-state index contributed by atoms with van der Waals surface area (Å²) in [4.78, 5) is 0. The van der Waals surface area contributed by atoms with Gasteiger partial charge >= 0.3 is 0 Å². The summed E-state index contributed by atoms with van der Waals surface area (Å²) in [5.41, 5.74) is 10.3. The number of anilines is 1. The zero-order valence-corrected chi connectivity index (χ0v) is 10.2. The second kappa shape index (κ2) is 4.91. The van der Waals surface area contributed by atoms with E-state index in [9.17, 15) is 0 Å². The van der Waals surface area contributed by atoms with Crippen LogP contribution in [0.5, 0.6) is 5.75 Å². The predicted molar refractivity (Wildman–Crippen MR) is 71.4 cm³/mol. The Morgan fingerprint density at radius 3 is 2.24 bits per heavy atom. The van der Waals surface area contributed by atoms with Gasteiger partial charge in [-0.15, -0.1) is 0 Å². The number of nitrogen functional groups attached to an aromatic ring is 1. The van der Waals surface area contributed by atoms with Crippen LogP contribution in [-0.2, 0) is 6.42 Å². The fourth-order valence-electron chi connectivity index (χ4n) is 1.83. The van der Waals surface area contributed by atoms with Crippen molar-refractivity contribution < 1.29 is 4.74 Å². The minimum atomic E-state index is 0.850. The molecule has 0 amide bonds. The van der Waals surface area contributed by atoms with Crippen molar-refractivity contribution in [2.45, 2.75) is 13.3 Å². The summed E-state index contributed by atoms with van der Waals surface area (Å²) in [5.74, 6) is 0.891. The van der Waals surface area contributed by atoms with Crippen molar-refractivity contribution in [3.8, 4) is 5.75 Å². The van der Waals surface area contributed by atoms with Crippen molar-refractivity contribution in [2.75, 3.05) is 12.8 Å². The van der Waals surface area contributed by atoms with Crippen LogP contribution < -0.4 is 10.5 Å². The highest BCUT2D eigenvalue weighted by Gasteiger charge is 1.99. The summed E-state index contributed by atoms with van der Waals surface area (Å²) in [6.07, 6.45) is 0.922. The highest BCUT2D eigenvalue weighted by Crippen LogP contribution is 2.18. The van der Waals surface area contributed by atoms with Crippen LogP contribution in [0.15, 0.2) is 42.5 Å². The third-order valence-corrected chi connectivity index (χ3v) is 2.90. The topological polar surface area (TPSA) is 35.2 Å². The molecule has 0 fully saturated rings. The van der Waals surface area contributed by atoms with Gasteiger partial charge in [-0.2, -0.15) is 0 Å².